The van der Waals surface area contributed by atoms with Gasteiger partial charge in [0.2, 0.25) is 0 Å². The second kappa shape index (κ2) is 14.1. The van der Waals surface area contributed by atoms with Gasteiger partial charge < -0.3 is 5.11 Å². The van der Waals surface area contributed by atoms with Crippen molar-refractivity contribution in [2.24, 2.45) is 0 Å². The van der Waals surface area contributed by atoms with Crippen LogP contribution in [0.15, 0.2) is 0 Å². The molecule has 0 saturated carbocycles. The van der Waals surface area contributed by atoms with E-state index in [-0.39, 0.29) is 51.4 Å². The summed E-state index contributed by atoms with van der Waals surface area (Å²) in [5.74, 6) is -0.661. The standard InChI is InChI=1S/C11H22O2.K/c1-2-3-4-5-6-7-8-9-10-11(12)13;/h2-10H2,1H3,(H,12,13);. The van der Waals surface area contributed by atoms with Crippen LogP contribution in [-0.4, -0.2) is 62.5 Å². The fourth-order valence-electron chi connectivity index (χ4n) is 1.41. The van der Waals surface area contributed by atoms with Crippen molar-refractivity contribution in [1.29, 1.82) is 0 Å². The Morgan fingerprint density at radius 1 is 0.929 bits per heavy atom. The summed E-state index contributed by atoms with van der Waals surface area (Å²) in [7, 11) is 0. The molecule has 79 valence electrons. The van der Waals surface area contributed by atoms with Crippen molar-refractivity contribution < 1.29 is 9.90 Å². The summed E-state index contributed by atoms with van der Waals surface area (Å²) >= 11 is 0. The van der Waals surface area contributed by atoms with Gasteiger partial charge in [0, 0.05) is 57.8 Å². The Kier molecular flexibility index (Phi) is 17.6. The molecule has 0 aliphatic rings. The predicted octanol–water partition coefficient (Wildman–Crippen LogP) is 3.22. The van der Waals surface area contributed by atoms with E-state index in [1.54, 1.807) is 0 Å². The van der Waals surface area contributed by atoms with Crippen molar-refractivity contribution in [3.8, 4) is 0 Å². The first-order valence-corrected chi connectivity index (χ1v) is 5.49. The van der Waals surface area contributed by atoms with Gasteiger partial charge in [-0.25, -0.2) is 0 Å². The molecule has 0 aliphatic carbocycles. The molecular formula is C11H22KO2. The van der Waals surface area contributed by atoms with Crippen molar-refractivity contribution in [1.82, 2.24) is 0 Å². The third kappa shape index (κ3) is 15.6. The Balaban J connectivity index is 0. The van der Waals surface area contributed by atoms with Crippen LogP contribution in [0.1, 0.15) is 64.7 Å². The molecule has 1 radical (unpaired) electrons. The quantitative estimate of drug-likeness (QED) is 0.483. The molecular weight excluding hydrogens is 203 g/mol. The largest absolute Gasteiger partial charge is 0.481 e. The minimum absolute atomic E-state index is 0. The van der Waals surface area contributed by atoms with E-state index in [0.717, 1.165) is 12.8 Å². The SMILES string of the molecule is CCCCCCCCCCC(=O)O.[K]. The van der Waals surface area contributed by atoms with E-state index in [4.69, 9.17) is 5.11 Å². The molecule has 0 rings (SSSR count). The molecule has 0 aromatic rings. The number of carbonyl (C=O) groups is 1. The zero-order valence-corrected chi connectivity index (χ0v) is 12.8. The van der Waals surface area contributed by atoms with Gasteiger partial charge in [-0.3, -0.25) is 4.79 Å². The second-order valence-electron chi connectivity index (χ2n) is 3.62. The topological polar surface area (TPSA) is 37.3 Å². The Labute approximate surface area is 130 Å². The van der Waals surface area contributed by atoms with Gasteiger partial charge in [-0.15, -0.1) is 0 Å². The molecule has 0 unspecified atom stereocenters. The van der Waals surface area contributed by atoms with Crippen LogP contribution in [0.5, 0.6) is 0 Å². The summed E-state index contributed by atoms with van der Waals surface area (Å²) < 4.78 is 0. The third-order valence-electron chi connectivity index (χ3n) is 2.24. The van der Waals surface area contributed by atoms with E-state index < -0.39 is 5.97 Å². The Hall–Kier alpha value is 1.11. The van der Waals surface area contributed by atoms with Crippen molar-refractivity contribution in [3.05, 3.63) is 0 Å². The van der Waals surface area contributed by atoms with E-state index in [1.807, 2.05) is 0 Å². The number of carboxylic acid groups (broad SMARTS) is 1. The number of hydrogen-bond acceptors (Lipinski definition) is 1. The average molecular weight is 225 g/mol. The van der Waals surface area contributed by atoms with Gasteiger partial charge in [-0.1, -0.05) is 51.9 Å². The first-order valence-electron chi connectivity index (χ1n) is 5.49. The zero-order valence-electron chi connectivity index (χ0n) is 9.72. The molecule has 0 aliphatic heterocycles. The minimum Gasteiger partial charge on any atom is -0.481 e. The molecule has 1 N–H and O–H groups in total. The van der Waals surface area contributed by atoms with E-state index in [1.165, 1.54) is 38.5 Å². The van der Waals surface area contributed by atoms with E-state index in [0.29, 0.717) is 6.42 Å². The van der Waals surface area contributed by atoms with Gasteiger partial charge in [0.15, 0.2) is 0 Å². The minimum atomic E-state index is -0.661. The maximum atomic E-state index is 10.2. The van der Waals surface area contributed by atoms with Crippen molar-refractivity contribution in [2.45, 2.75) is 64.7 Å². The number of unbranched alkanes of at least 4 members (excludes halogenated alkanes) is 7. The number of rotatable bonds is 9. The maximum absolute atomic E-state index is 10.2. The fraction of sp³-hybridized carbons (Fsp3) is 0.909. The van der Waals surface area contributed by atoms with Crippen LogP contribution >= 0.6 is 0 Å². The first-order chi connectivity index (χ1) is 6.27. The molecule has 0 aromatic carbocycles. The van der Waals surface area contributed by atoms with E-state index in [9.17, 15) is 4.79 Å². The Morgan fingerprint density at radius 3 is 1.79 bits per heavy atom. The molecule has 0 atom stereocenters. The Bertz CT molecular complexity index is 126. The molecule has 0 fully saturated rings. The molecule has 0 bridgehead atoms. The first kappa shape index (κ1) is 17.5. The Morgan fingerprint density at radius 2 is 1.36 bits per heavy atom. The summed E-state index contributed by atoms with van der Waals surface area (Å²) in [5.41, 5.74) is 0. The van der Waals surface area contributed by atoms with Gasteiger partial charge in [-0.05, 0) is 6.42 Å². The second-order valence-corrected chi connectivity index (χ2v) is 3.62. The van der Waals surface area contributed by atoms with Crippen molar-refractivity contribution in [2.75, 3.05) is 0 Å². The van der Waals surface area contributed by atoms with Crippen LogP contribution < -0.4 is 0 Å². The van der Waals surface area contributed by atoms with Gasteiger partial charge in [-0.2, -0.15) is 0 Å². The summed E-state index contributed by atoms with van der Waals surface area (Å²) in [6.07, 6.45) is 10.1. The smallest absolute Gasteiger partial charge is 0.303 e. The molecule has 2 nitrogen and oxygen atoms in total. The van der Waals surface area contributed by atoms with E-state index in [2.05, 4.69) is 6.92 Å². The van der Waals surface area contributed by atoms with Gasteiger partial charge >= 0.3 is 5.97 Å². The monoisotopic (exact) mass is 225 g/mol. The van der Waals surface area contributed by atoms with Gasteiger partial charge in [0.1, 0.15) is 0 Å². The molecule has 0 aromatic heterocycles. The molecule has 0 spiro atoms. The van der Waals surface area contributed by atoms with Crippen molar-refractivity contribution in [3.63, 3.8) is 0 Å². The third-order valence-corrected chi connectivity index (χ3v) is 2.24. The summed E-state index contributed by atoms with van der Waals surface area (Å²) in [4.78, 5) is 10.2. The van der Waals surface area contributed by atoms with Crippen LogP contribution in [0, 0.1) is 0 Å². The summed E-state index contributed by atoms with van der Waals surface area (Å²) in [5, 5.41) is 8.39. The van der Waals surface area contributed by atoms with Crippen LogP contribution in [0.3, 0.4) is 0 Å². The zero-order chi connectivity index (χ0) is 9.94. The van der Waals surface area contributed by atoms with Gasteiger partial charge in [0.05, 0.1) is 0 Å². The molecule has 14 heavy (non-hydrogen) atoms. The van der Waals surface area contributed by atoms with Crippen LogP contribution in [-0.2, 0) is 4.79 Å². The fourth-order valence-corrected chi connectivity index (χ4v) is 1.41. The molecule has 3 heteroatoms. The predicted molar refractivity (Wildman–Crippen MR) is 60.6 cm³/mol. The number of carboxylic acids is 1. The molecule has 0 amide bonds. The van der Waals surface area contributed by atoms with Gasteiger partial charge in [0.25, 0.3) is 0 Å². The number of aliphatic carboxylic acids is 1. The maximum Gasteiger partial charge on any atom is 0.303 e. The normalized spacial score (nSPS) is 9.50. The summed E-state index contributed by atoms with van der Waals surface area (Å²) in [6, 6.07) is 0. The van der Waals surface area contributed by atoms with Crippen LogP contribution in [0.25, 0.3) is 0 Å². The average Bonchev–Trinajstić information content (AvgIpc) is 2.09. The van der Waals surface area contributed by atoms with Crippen LogP contribution in [0.2, 0.25) is 0 Å². The number of hydrogen-bond donors (Lipinski definition) is 1. The molecule has 0 heterocycles. The summed E-state index contributed by atoms with van der Waals surface area (Å²) in [6.45, 7) is 2.22. The van der Waals surface area contributed by atoms with Crippen molar-refractivity contribution >= 4 is 57.4 Å². The van der Waals surface area contributed by atoms with Crippen LogP contribution in [0.4, 0.5) is 0 Å². The van der Waals surface area contributed by atoms with E-state index >= 15 is 0 Å². The molecule has 0 saturated heterocycles.